The fraction of sp³-hybridized carbons (Fsp3) is 0.462. The Balaban J connectivity index is 1.88. The molecule has 0 unspecified atom stereocenters. The summed E-state index contributed by atoms with van der Waals surface area (Å²) in [6, 6.07) is -0.752. The quantitative estimate of drug-likeness (QED) is 0.891. The highest BCUT2D eigenvalue weighted by atomic mass is 32.2. The molecule has 8 nitrogen and oxygen atoms in total. The summed E-state index contributed by atoms with van der Waals surface area (Å²) in [6.07, 6.45) is 2.67. The second-order valence-electron chi connectivity index (χ2n) is 5.25. The lowest BCUT2D eigenvalue weighted by molar-refractivity contribution is -0.119. The minimum absolute atomic E-state index is 0.0476. The van der Waals surface area contributed by atoms with Crippen molar-refractivity contribution in [2.75, 3.05) is 11.9 Å². The van der Waals surface area contributed by atoms with E-state index in [1.165, 1.54) is 15.6 Å². The van der Waals surface area contributed by atoms with Crippen molar-refractivity contribution < 1.29 is 17.7 Å². The van der Waals surface area contributed by atoms with Crippen molar-refractivity contribution >= 4 is 32.4 Å². The maximum absolute atomic E-state index is 12.9. The van der Waals surface area contributed by atoms with E-state index in [0.29, 0.717) is 30.2 Å². The topological polar surface area (TPSA) is 105 Å². The van der Waals surface area contributed by atoms with Crippen molar-refractivity contribution in [2.45, 2.75) is 37.6 Å². The van der Waals surface area contributed by atoms with Crippen LogP contribution in [0.3, 0.4) is 0 Å². The summed E-state index contributed by atoms with van der Waals surface area (Å²) in [5.41, 5.74) is 0.300. The Morgan fingerprint density at radius 1 is 1.48 bits per heavy atom. The lowest BCUT2D eigenvalue weighted by atomic mass is 10.2. The van der Waals surface area contributed by atoms with E-state index in [0.717, 1.165) is 0 Å². The molecule has 23 heavy (non-hydrogen) atoms. The molecule has 0 spiro atoms. The number of aryl methyl sites for hydroxylation is 2. The zero-order valence-electron chi connectivity index (χ0n) is 12.6. The minimum atomic E-state index is -3.83. The van der Waals surface area contributed by atoms with Crippen LogP contribution in [0.2, 0.25) is 0 Å². The van der Waals surface area contributed by atoms with Gasteiger partial charge >= 0.3 is 0 Å². The lowest BCUT2D eigenvalue weighted by Crippen LogP contribution is -2.43. The molecule has 1 aliphatic rings. The van der Waals surface area contributed by atoms with Crippen molar-refractivity contribution in [1.82, 2.24) is 14.4 Å². The van der Waals surface area contributed by atoms with Gasteiger partial charge in [0.15, 0.2) is 10.9 Å². The second-order valence-corrected chi connectivity index (χ2v) is 7.98. The van der Waals surface area contributed by atoms with Crippen LogP contribution in [-0.2, 0) is 14.8 Å². The molecule has 0 radical (unpaired) electrons. The average Bonchev–Trinajstić information content (AvgIpc) is 3.20. The average molecular weight is 356 g/mol. The van der Waals surface area contributed by atoms with E-state index < -0.39 is 16.1 Å². The number of thiazole rings is 1. The normalized spacial score (nSPS) is 19.1. The molecule has 3 heterocycles. The maximum Gasteiger partial charge on any atom is 0.249 e. The zero-order chi connectivity index (χ0) is 16.6. The Hall–Kier alpha value is -1.78. The predicted octanol–water partition coefficient (Wildman–Crippen LogP) is 1.54. The van der Waals surface area contributed by atoms with Gasteiger partial charge in [0.05, 0.1) is 0 Å². The molecule has 1 saturated heterocycles. The molecule has 1 N–H and O–H groups in total. The third-order valence-corrected chi connectivity index (χ3v) is 6.55. The van der Waals surface area contributed by atoms with Crippen molar-refractivity contribution in [1.29, 1.82) is 0 Å². The molecule has 1 amide bonds. The van der Waals surface area contributed by atoms with Gasteiger partial charge in [0, 0.05) is 18.1 Å². The Bertz CT molecular complexity index is 794. The van der Waals surface area contributed by atoms with Gasteiger partial charge in [-0.2, -0.15) is 4.31 Å². The molecular weight excluding hydrogens is 340 g/mol. The Morgan fingerprint density at radius 3 is 2.87 bits per heavy atom. The molecule has 1 fully saturated rings. The van der Waals surface area contributed by atoms with Crippen LogP contribution >= 0.6 is 11.3 Å². The number of anilines is 1. The summed E-state index contributed by atoms with van der Waals surface area (Å²) in [7, 11) is -3.83. The first-order valence-electron chi connectivity index (χ1n) is 7.06. The van der Waals surface area contributed by atoms with E-state index in [1.54, 1.807) is 25.4 Å². The van der Waals surface area contributed by atoms with Crippen molar-refractivity contribution in [2.24, 2.45) is 0 Å². The van der Waals surface area contributed by atoms with Gasteiger partial charge in [-0.25, -0.2) is 13.4 Å². The highest BCUT2D eigenvalue weighted by Crippen LogP contribution is 2.30. The van der Waals surface area contributed by atoms with Crippen LogP contribution < -0.4 is 5.32 Å². The van der Waals surface area contributed by atoms with Crippen LogP contribution in [0, 0.1) is 13.8 Å². The number of rotatable bonds is 4. The summed E-state index contributed by atoms with van der Waals surface area (Å²) in [5, 5.41) is 8.55. The monoisotopic (exact) mass is 356 g/mol. The van der Waals surface area contributed by atoms with Gasteiger partial charge in [-0.15, -0.1) is 11.3 Å². The smallest absolute Gasteiger partial charge is 0.249 e. The van der Waals surface area contributed by atoms with Gasteiger partial charge in [0.1, 0.15) is 16.6 Å². The van der Waals surface area contributed by atoms with Gasteiger partial charge in [-0.05, 0) is 26.7 Å². The molecule has 3 rings (SSSR count). The fourth-order valence-corrected chi connectivity index (χ4v) is 5.21. The van der Waals surface area contributed by atoms with E-state index in [1.807, 2.05) is 0 Å². The third-order valence-electron chi connectivity index (χ3n) is 3.70. The van der Waals surface area contributed by atoms with E-state index in [2.05, 4.69) is 15.5 Å². The molecule has 1 atom stereocenters. The Labute approximate surface area is 137 Å². The van der Waals surface area contributed by atoms with Crippen molar-refractivity contribution in [3.8, 4) is 0 Å². The van der Waals surface area contributed by atoms with E-state index in [9.17, 15) is 13.2 Å². The van der Waals surface area contributed by atoms with E-state index >= 15 is 0 Å². The number of hydrogen-bond acceptors (Lipinski definition) is 7. The van der Waals surface area contributed by atoms with Crippen LogP contribution in [0.5, 0.6) is 0 Å². The maximum atomic E-state index is 12.9. The summed E-state index contributed by atoms with van der Waals surface area (Å²) >= 11 is 1.29. The zero-order valence-corrected chi connectivity index (χ0v) is 14.3. The standard InChI is InChI=1S/C13H16N4O4S2/c1-8-11(9(2)21-16-8)23(19,20)17-6-3-4-10(17)12(18)15-13-14-5-7-22-13/h5,7,10H,3-4,6H2,1-2H3,(H,14,15,18)/t10-/m0/s1. The molecule has 124 valence electrons. The highest BCUT2D eigenvalue weighted by Gasteiger charge is 2.42. The highest BCUT2D eigenvalue weighted by molar-refractivity contribution is 7.89. The van der Waals surface area contributed by atoms with Crippen LogP contribution in [0.1, 0.15) is 24.3 Å². The molecule has 0 aromatic carbocycles. The predicted molar refractivity (Wildman–Crippen MR) is 83.6 cm³/mol. The number of nitrogens with zero attached hydrogens (tertiary/aromatic N) is 3. The van der Waals surface area contributed by atoms with Crippen LogP contribution in [-0.4, -0.2) is 41.4 Å². The molecule has 0 bridgehead atoms. The van der Waals surface area contributed by atoms with Crippen LogP contribution in [0.15, 0.2) is 21.0 Å². The summed E-state index contributed by atoms with van der Waals surface area (Å²) in [5.74, 6) is -0.138. The van der Waals surface area contributed by atoms with Crippen molar-refractivity contribution in [3.63, 3.8) is 0 Å². The summed E-state index contributed by atoms with van der Waals surface area (Å²) < 4.78 is 32.0. The lowest BCUT2D eigenvalue weighted by Gasteiger charge is -2.22. The minimum Gasteiger partial charge on any atom is -0.360 e. The van der Waals surface area contributed by atoms with Gasteiger partial charge in [0.2, 0.25) is 15.9 Å². The molecule has 0 aliphatic carbocycles. The van der Waals surface area contributed by atoms with Crippen LogP contribution in [0.4, 0.5) is 5.13 Å². The number of carbonyl (C=O) groups is 1. The fourth-order valence-electron chi connectivity index (χ4n) is 2.72. The number of carbonyl (C=O) groups excluding carboxylic acids is 1. The molecule has 2 aromatic rings. The Kier molecular flexibility index (Phi) is 4.21. The number of sulfonamides is 1. The molecule has 2 aromatic heterocycles. The molecular formula is C13H16N4O4S2. The largest absolute Gasteiger partial charge is 0.360 e. The van der Waals surface area contributed by atoms with Gasteiger partial charge < -0.3 is 9.84 Å². The number of amides is 1. The summed E-state index contributed by atoms with van der Waals surface area (Å²) in [4.78, 5) is 16.5. The van der Waals surface area contributed by atoms with Crippen molar-refractivity contribution in [3.05, 3.63) is 23.0 Å². The van der Waals surface area contributed by atoms with E-state index in [4.69, 9.17) is 4.52 Å². The third kappa shape index (κ3) is 2.89. The number of nitrogens with one attached hydrogen (secondary N) is 1. The van der Waals surface area contributed by atoms with Gasteiger partial charge in [-0.1, -0.05) is 5.16 Å². The summed E-state index contributed by atoms with van der Waals surface area (Å²) in [6.45, 7) is 3.42. The Morgan fingerprint density at radius 2 is 2.26 bits per heavy atom. The van der Waals surface area contributed by atoms with Crippen LogP contribution in [0.25, 0.3) is 0 Å². The number of aromatic nitrogens is 2. The number of hydrogen-bond donors (Lipinski definition) is 1. The molecule has 1 aliphatic heterocycles. The first kappa shape index (κ1) is 16.1. The first-order chi connectivity index (χ1) is 10.9. The molecule has 0 saturated carbocycles. The SMILES string of the molecule is Cc1noc(C)c1S(=O)(=O)N1CCC[C@H]1C(=O)Nc1nccs1. The second kappa shape index (κ2) is 6.02. The van der Waals surface area contributed by atoms with E-state index in [-0.39, 0.29) is 16.6 Å². The first-order valence-corrected chi connectivity index (χ1v) is 9.38. The molecule has 10 heteroatoms. The van der Waals surface area contributed by atoms with Gasteiger partial charge in [0.25, 0.3) is 0 Å². The van der Waals surface area contributed by atoms with Gasteiger partial charge in [-0.3, -0.25) is 4.79 Å².